The molecule has 24 heavy (non-hydrogen) atoms. The van der Waals surface area contributed by atoms with Crippen LogP contribution in [0.3, 0.4) is 0 Å². The van der Waals surface area contributed by atoms with Gasteiger partial charge in [-0.2, -0.15) is 0 Å². The Morgan fingerprint density at radius 3 is 1.21 bits per heavy atom. The van der Waals surface area contributed by atoms with E-state index in [4.69, 9.17) is 18.9 Å². The summed E-state index contributed by atoms with van der Waals surface area (Å²) in [4.78, 5) is 44.2. The maximum atomic E-state index is 11.6. The second-order valence-electron chi connectivity index (χ2n) is 4.84. The fourth-order valence-electron chi connectivity index (χ4n) is 1.43. The Morgan fingerprint density at radius 1 is 0.625 bits per heavy atom. The second kappa shape index (κ2) is 13.1. The minimum atomic E-state index is -0.840. The van der Waals surface area contributed by atoms with E-state index in [2.05, 4.69) is 6.58 Å². The van der Waals surface area contributed by atoms with Crippen LogP contribution >= 0.6 is 0 Å². The van der Waals surface area contributed by atoms with Crippen LogP contribution in [0, 0.1) is 0 Å². The van der Waals surface area contributed by atoms with Gasteiger partial charge in [0.05, 0.1) is 26.4 Å². The standard InChI is InChI=1S/C16H24O8/c1-12(15(19)23-10-6-4-8-21-13(2)17)16(20)24-11-7-5-9-22-14(3)18/h1,4-11H2,2-3H3. The molecule has 0 aliphatic carbocycles. The van der Waals surface area contributed by atoms with Gasteiger partial charge in [0.15, 0.2) is 0 Å². The molecule has 0 N–H and O–H groups in total. The largest absolute Gasteiger partial charge is 0.466 e. The molecule has 0 fully saturated rings. The number of rotatable bonds is 12. The maximum absolute atomic E-state index is 11.6. The van der Waals surface area contributed by atoms with Gasteiger partial charge < -0.3 is 18.9 Å². The molecule has 0 heterocycles. The maximum Gasteiger partial charge on any atom is 0.344 e. The van der Waals surface area contributed by atoms with Crippen molar-refractivity contribution in [1.82, 2.24) is 0 Å². The SMILES string of the molecule is C=C(C(=O)OCCCCOC(C)=O)C(=O)OCCCCOC(C)=O. The summed E-state index contributed by atoms with van der Waals surface area (Å²) in [6, 6.07) is 0. The third-order valence-corrected chi connectivity index (χ3v) is 2.65. The molecule has 0 unspecified atom stereocenters. The molecule has 0 aliphatic rings. The van der Waals surface area contributed by atoms with Crippen LogP contribution in [0.2, 0.25) is 0 Å². The van der Waals surface area contributed by atoms with Gasteiger partial charge in [0, 0.05) is 13.8 Å². The Kier molecular flexibility index (Phi) is 11.8. The summed E-state index contributed by atoms with van der Waals surface area (Å²) in [5.41, 5.74) is -0.380. The summed E-state index contributed by atoms with van der Waals surface area (Å²) in [6.07, 6.45) is 2.09. The van der Waals surface area contributed by atoms with E-state index < -0.39 is 11.9 Å². The summed E-state index contributed by atoms with van der Waals surface area (Å²) in [6.45, 7) is 6.66. The van der Waals surface area contributed by atoms with E-state index in [1.807, 2.05) is 0 Å². The predicted octanol–water partition coefficient (Wildman–Crippen LogP) is 1.32. The minimum Gasteiger partial charge on any atom is -0.466 e. The molecule has 0 rings (SSSR count). The van der Waals surface area contributed by atoms with Crippen molar-refractivity contribution in [3.8, 4) is 0 Å². The van der Waals surface area contributed by atoms with Gasteiger partial charge >= 0.3 is 23.9 Å². The average Bonchev–Trinajstić information content (AvgIpc) is 2.52. The number of carbonyl (C=O) groups excluding carboxylic acids is 4. The second-order valence-corrected chi connectivity index (χ2v) is 4.84. The number of ether oxygens (including phenoxy) is 4. The predicted molar refractivity (Wildman–Crippen MR) is 82.8 cm³/mol. The van der Waals surface area contributed by atoms with E-state index in [0.717, 1.165) is 0 Å². The van der Waals surface area contributed by atoms with Crippen LogP contribution in [0.4, 0.5) is 0 Å². The number of unbranched alkanes of at least 4 members (excludes halogenated alkanes) is 2. The van der Waals surface area contributed by atoms with Crippen molar-refractivity contribution in [2.24, 2.45) is 0 Å². The minimum absolute atomic E-state index is 0.0920. The van der Waals surface area contributed by atoms with Gasteiger partial charge in [-0.25, -0.2) is 9.59 Å². The van der Waals surface area contributed by atoms with Crippen molar-refractivity contribution in [3.63, 3.8) is 0 Å². The number of esters is 4. The number of hydrogen-bond acceptors (Lipinski definition) is 8. The molecule has 8 nitrogen and oxygen atoms in total. The monoisotopic (exact) mass is 344 g/mol. The topological polar surface area (TPSA) is 105 Å². The van der Waals surface area contributed by atoms with E-state index in [0.29, 0.717) is 25.7 Å². The fraction of sp³-hybridized carbons (Fsp3) is 0.625. The Morgan fingerprint density at radius 2 is 0.917 bits per heavy atom. The highest BCUT2D eigenvalue weighted by Gasteiger charge is 2.18. The zero-order chi connectivity index (χ0) is 18.4. The third-order valence-electron chi connectivity index (χ3n) is 2.65. The van der Waals surface area contributed by atoms with Crippen LogP contribution in [0.5, 0.6) is 0 Å². The first-order chi connectivity index (χ1) is 11.3. The Bertz CT molecular complexity index is 415. The van der Waals surface area contributed by atoms with Gasteiger partial charge in [-0.1, -0.05) is 6.58 Å². The molecular weight excluding hydrogens is 320 g/mol. The van der Waals surface area contributed by atoms with Crippen molar-refractivity contribution in [3.05, 3.63) is 12.2 Å². The molecule has 0 aliphatic heterocycles. The molecule has 0 aromatic rings. The highest BCUT2D eigenvalue weighted by molar-refractivity contribution is 6.13. The molecule has 0 bridgehead atoms. The molecule has 0 spiro atoms. The van der Waals surface area contributed by atoms with Crippen LogP contribution in [0.15, 0.2) is 12.2 Å². The number of carbonyl (C=O) groups is 4. The molecule has 0 radical (unpaired) electrons. The van der Waals surface area contributed by atoms with E-state index in [9.17, 15) is 19.2 Å². The molecule has 136 valence electrons. The van der Waals surface area contributed by atoms with Crippen molar-refractivity contribution in [2.75, 3.05) is 26.4 Å². The van der Waals surface area contributed by atoms with E-state index in [1.54, 1.807) is 0 Å². The highest BCUT2D eigenvalue weighted by atomic mass is 16.6. The van der Waals surface area contributed by atoms with Crippen LogP contribution in [-0.4, -0.2) is 50.3 Å². The van der Waals surface area contributed by atoms with Crippen molar-refractivity contribution in [1.29, 1.82) is 0 Å². The summed E-state index contributed by atoms with van der Waals surface area (Å²) >= 11 is 0. The molecule has 0 aromatic heterocycles. The lowest BCUT2D eigenvalue weighted by Crippen LogP contribution is -2.18. The summed E-state index contributed by atoms with van der Waals surface area (Å²) in [7, 11) is 0. The average molecular weight is 344 g/mol. The van der Waals surface area contributed by atoms with E-state index in [-0.39, 0.29) is 43.9 Å². The van der Waals surface area contributed by atoms with Gasteiger partial charge in [0.25, 0.3) is 0 Å². The van der Waals surface area contributed by atoms with Gasteiger partial charge in [0.1, 0.15) is 5.57 Å². The molecule has 0 aromatic carbocycles. The molecule has 0 amide bonds. The lowest BCUT2D eigenvalue weighted by molar-refractivity contribution is -0.148. The zero-order valence-corrected chi connectivity index (χ0v) is 14.1. The fourth-order valence-corrected chi connectivity index (χ4v) is 1.43. The molecule has 0 saturated heterocycles. The number of hydrogen-bond donors (Lipinski definition) is 0. The zero-order valence-electron chi connectivity index (χ0n) is 14.1. The first-order valence-corrected chi connectivity index (χ1v) is 7.64. The highest BCUT2D eigenvalue weighted by Crippen LogP contribution is 2.02. The van der Waals surface area contributed by atoms with Crippen LogP contribution < -0.4 is 0 Å². The van der Waals surface area contributed by atoms with Crippen LogP contribution in [0.25, 0.3) is 0 Å². The summed E-state index contributed by atoms with van der Waals surface area (Å²) < 4.78 is 19.2. The molecule has 0 atom stereocenters. The third kappa shape index (κ3) is 12.2. The molecule has 8 heteroatoms. The summed E-state index contributed by atoms with van der Waals surface area (Å²) in [5, 5.41) is 0. The normalized spacial score (nSPS) is 9.75. The van der Waals surface area contributed by atoms with Gasteiger partial charge in [-0.15, -0.1) is 0 Å². The van der Waals surface area contributed by atoms with E-state index in [1.165, 1.54) is 13.8 Å². The Balaban J connectivity index is 3.71. The first-order valence-electron chi connectivity index (χ1n) is 7.64. The van der Waals surface area contributed by atoms with Gasteiger partial charge in [0.2, 0.25) is 0 Å². The van der Waals surface area contributed by atoms with Crippen LogP contribution in [0.1, 0.15) is 39.5 Å². The van der Waals surface area contributed by atoms with E-state index >= 15 is 0 Å². The van der Waals surface area contributed by atoms with Crippen LogP contribution in [-0.2, 0) is 38.1 Å². The summed E-state index contributed by atoms with van der Waals surface area (Å²) in [5.74, 6) is -2.41. The lowest BCUT2D eigenvalue weighted by atomic mass is 10.3. The smallest absolute Gasteiger partial charge is 0.344 e. The van der Waals surface area contributed by atoms with Crippen molar-refractivity contribution in [2.45, 2.75) is 39.5 Å². The first kappa shape index (κ1) is 21.6. The van der Waals surface area contributed by atoms with Gasteiger partial charge in [-0.3, -0.25) is 9.59 Å². The molecular formula is C16H24O8. The Labute approximate surface area is 141 Å². The van der Waals surface area contributed by atoms with Crippen molar-refractivity contribution < 1.29 is 38.1 Å². The lowest BCUT2D eigenvalue weighted by Gasteiger charge is -2.08. The quantitative estimate of drug-likeness (QED) is 0.130. The van der Waals surface area contributed by atoms with Crippen molar-refractivity contribution >= 4 is 23.9 Å². The van der Waals surface area contributed by atoms with Gasteiger partial charge in [-0.05, 0) is 25.7 Å². The Hall–Kier alpha value is -2.38. The molecule has 0 saturated carbocycles.